The maximum Gasteiger partial charge on any atom is 0.267 e. The molecular weight excluding hydrogens is 446 g/mol. The maximum atomic E-state index is 13.2. The fourth-order valence-electron chi connectivity index (χ4n) is 4.30. The van der Waals surface area contributed by atoms with Gasteiger partial charge < -0.3 is 9.47 Å². The molecule has 1 aliphatic heterocycles. The number of thiazole rings is 1. The Bertz CT molecular complexity index is 1460. The van der Waals surface area contributed by atoms with Crippen LogP contribution in [0, 0.1) is 11.3 Å². The summed E-state index contributed by atoms with van der Waals surface area (Å²) in [4.78, 5) is 18.6. The number of rotatable bonds is 4. The monoisotopic (exact) mass is 469 g/mol. The second-order valence-electron chi connectivity index (χ2n) is 8.21. The van der Waals surface area contributed by atoms with Crippen molar-refractivity contribution >= 4 is 21.9 Å². The molecule has 6 nitrogen and oxygen atoms in total. The van der Waals surface area contributed by atoms with E-state index in [0.717, 1.165) is 5.56 Å². The van der Waals surface area contributed by atoms with Gasteiger partial charge in [-0.15, -0.1) is 11.3 Å². The van der Waals surface area contributed by atoms with Gasteiger partial charge in [-0.05, 0) is 43.0 Å². The lowest BCUT2D eigenvalue weighted by molar-refractivity contribution is 0.322. The van der Waals surface area contributed by atoms with E-state index in [2.05, 4.69) is 12.6 Å². The normalized spacial score (nSPS) is 17.9. The van der Waals surface area contributed by atoms with Crippen molar-refractivity contribution in [2.45, 2.75) is 31.5 Å². The van der Waals surface area contributed by atoms with Crippen LogP contribution in [-0.2, 0) is 4.74 Å². The van der Waals surface area contributed by atoms with Crippen LogP contribution < -0.4 is 10.3 Å². The highest BCUT2D eigenvalue weighted by Crippen LogP contribution is 2.37. The molecule has 0 bridgehead atoms. The molecule has 170 valence electrons. The highest BCUT2D eigenvalue weighted by Gasteiger charge is 2.42. The van der Waals surface area contributed by atoms with Crippen LogP contribution in [0.1, 0.15) is 36.1 Å². The van der Waals surface area contributed by atoms with Gasteiger partial charge in [0.15, 0.2) is 4.96 Å². The summed E-state index contributed by atoms with van der Waals surface area (Å²) in [5.74, 6) is 0.659. The fourth-order valence-corrected chi connectivity index (χ4v) is 5.01. The van der Waals surface area contributed by atoms with E-state index in [9.17, 15) is 4.79 Å². The number of epoxide rings is 1. The van der Waals surface area contributed by atoms with Crippen LogP contribution in [0.2, 0.25) is 0 Å². The molecule has 2 unspecified atom stereocenters. The Hall–Kier alpha value is -3.73. The maximum absolute atomic E-state index is 13.2. The first-order valence-electron chi connectivity index (χ1n) is 11.1. The number of ether oxygens (including phenoxy) is 2. The van der Waals surface area contributed by atoms with Gasteiger partial charge in [0.25, 0.3) is 5.56 Å². The van der Waals surface area contributed by atoms with Crippen molar-refractivity contribution in [1.29, 1.82) is 5.26 Å². The Kier molecular flexibility index (Phi) is 6.01. The molecule has 2 fully saturated rings. The molecule has 1 aliphatic carbocycles. The van der Waals surface area contributed by atoms with Gasteiger partial charge in [-0.1, -0.05) is 36.9 Å². The lowest BCUT2D eigenvalue weighted by Crippen LogP contribution is -2.18. The molecule has 0 N–H and O–H groups in total. The number of hydrogen-bond acceptors (Lipinski definition) is 6. The first-order chi connectivity index (χ1) is 16.6. The van der Waals surface area contributed by atoms with E-state index >= 15 is 0 Å². The summed E-state index contributed by atoms with van der Waals surface area (Å²) in [6.07, 6.45) is 7.22. The minimum Gasteiger partial charge on any atom is -0.496 e. The second-order valence-corrected chi connectivity index (χ2v) is 9.08. The van der Waals surface area contributed by atoms with E-state index in [4.69, 9.17) is 19.7 Å². The van der Waals surface area contributed by atoms with E-state index in [1.807, 2.05) is 29.6 Å². The summed E-state index contributed by atoms with van der Waals surface area (Å²) in [6, 6.07) is 16.5. The van der Waals surface area contributed by atoms with Gasteiger partial charge in [-0.3, -0.25) is 9.20 Å². The Morgan fingerprint density at radius 2 is 1.94 bits per heavy atom. The van der Waals surface area contributed by atoms with Crippen LogP contribution in [0.4, 0.5) is 0 Å². The SMILES string of the molecule is C1CC2OC2C1.C=C(c1ccccc1OC)c1nc2sccn2c(=O)c1-c1ccc(C#N)cc1. The first-order valence-corrected chi connectivity index (χ1v) is 12.0. The van der Waals surface area contributed by atoms with Crippen molar-refractivity contribution in [2.75, 3.05) is 7.11 Å². The fraction of sp³-hybridized carbons (Fsp3) is 0.222. The largest absolute Gasteiger partial charge is 0.496 e. The number of methoxy groups -OCH3 is 1. The number of hydrogen-bond donors (Lipinski definition) is 0. The van der Waals surface area contributed by atoms with Crippen molar-refractivity contribution in [1.82, 2.24) is 9.38 Å². The van der Waals surface area contributed by atoms with Crippen LogP contribution in [0.25, 0.3) is 21.7 Å². The summed E-state index contributed by atoms with van der Waals surface area (Å²) in [7, 11) is 1.60. The van der Waals surface area contributed by atoms with Crippen LogP contribution in [0.3, 0.4) is 0 Å². The number of benzene rings is 2. The molecule has 34 heavy (non-hydrogen) atoms. The summed E-state index contributed by atoms with van der Waals surface area (Å²) in [5, 5.41) is 10.9. The minimum absolute atomic E-state index is 0.179. The third-order valence-electron chi connectivity index (χ3n) is 6.15. The Morgan fingerprint density at radius 3 is 2.56 bits per heavy atom. The molecule has 4 aromatic rings. The number of nitrogens with zero attached hydrogens (tertiary/aromatic N) is 3. The molecule has 2 aromatic heterocycles. The van der Waals surface area contributed by atoms with Gasteiger partial charge in [-0.25, -0.2) is 4.98 Å². The van der Waals surface area contributed by atoms with Crippen LogP contribution in [0.15, 0.2) is 71.5 Å². The molecule has 7 heteroatoms. The minimum atomic E-state index is -0.179. The van der Waals surface area contributed by atoms with Gasteiger partial charge in [0.05, 0.1) is 42.2 Å². The van der Waals surface area contributed by atoms with Crippen molar-refractivity contribution in [3.8, 4) is 22.9 Å². The molecule has 6 rings (SSSR count). The smallest absolute Gasteiger partial charge is 0.267 e. The van der Waals surface area contributed by atoms with Gasteiger partial charge in [0.1, 0.15) is 5.75 Å². The average molecular weight is 470 g/mol. The summed E-state index contributed by atoms with van der Waals surface area (Å²) in [6.45, 7) is 4.22. The molecule has 3 heterocycles. The second kappa shape index (κ2) is 9.26. The lowest BCUT2D eigenvalue weighted by atomic mass is 9.96. The summed E-state index contributed by atoms with van der Waals surface area (Å²) >= 11 is 1.38. The zero-order chi connectivity index (χ0) is 23.7. The van der Waals surface area contributed by atoms with E-state index in [1.54, 1.807) is 37.6 Å². The third-order valence-corrected chi connectivity index (χ3v) is 6.91. The highest BCUT2D eigenvalue weighted by molar-refractivity contribution is 7.15. The van der Waals surface area contributed by atoms with Crippen LogP contribution in [0.5, 0.6) is 5.75 Å². The molecule has 1 saturated carbocycles. The summed E-state index contributed by atoms with van der Waals surface area (Å²) in [5.41, 5.74) is 3.35. The highest BCUT2D eigenvalue weighted by atomic mass is 32.1. The molecule has 2 atom stereocenters. The van der Waals surface area contributed by atoms with Crippen LogP contribution >= 0.6 is 11.3 Å². The van der Waals surface area contributed by atoms with Crippen molar-refractivity contribution in [2.24, 2.45) is 0 Å². The zero-order valence-corrected chi connectivity index (χ0v) is 19.5. The number of nitriles is 1. The molecule has 0 radical (unpaired) electrons. The number of fused-ring (bicyclic) bond motifs is 2. The molecular formula is C27H23N3O3S. The molecule has 2 aliphatic rings. The summed E-state index contributed by atoms with van der Waals surface area (Å²) < 4.78 is 12.1. The quantitative estimate of drug-likeness (QED) is 0.379. The Balaban J connectivity index is 0.000000343. The van der Waals surface area contributed by atoms with Gasteiger partial charge in [-0.2, -0.15) is 5.26 Å². The third kappa shape index (κ3) is 4.14. The van der Waals surface area contributed by atoms with E-state index in [0.29, 0.717) is 50.9 Å². The van der Waals surface area contributed by atoms with E-state index in [1.165, 1.54) is 35.0 Å². The Labute approximate surface area is 201 Å². The van der Waals surface area contributed by atoms with Gasteiger partial charge in [0, 0.05) is 22.7 Å². The topological polar surface area (TPSA) is 79.9 Å². The van der Waals surface area contributed by atoms with Gasteiger partial charge >= 0.3 is 0 Å². The Morgan fingerprint density at radius 1 is 1.21 bits per heavy atom. The standard InChI is InChI=1S/C22H15N3O2S.C5H8O/c1-14(17-5-3-4-6-18(17)27-2)20-19(16-9-7-15(13-23)8-10-16)21(26)25-11-12-28-22(25)24-20;1-2-4-5(3-1)6-4/h3-12H,1H2,2H3;4-5H,1-3H2. The van der Waals surface area contributed by atoms with Crippen molar-refractivity contribution in [3.63, 3.8) is 0 Å². The van der Waals surface area contributed by atoms with Gasteiger partial charge in [0.2, 0.25) is 0 Å². The predicted molar refractivity (Wildman–Crippen MR) is 133 cm³/mol. The van der Waals surface area contributed by atoms with E-state index < -0.39 is 0 Å². The average Bonchev–Trinajstić information content (AvgIpc) is 3.23. The van der Waals surface area contributed by atoms with Crippen molar-refractivity contribution < 1.29 is 9.47 Å². The number of aromatic nitrogens is 2. The zero-order valence-electron chi connectivity index (χ0n) is 18.7. The van der Waals surface area contributed by atoms with E-state index in [-0.39, 0.29) is 5.56 Å². The van der Waals surface area contributed by atoms with Crippen molar-refractivity contribution in [3.05, 3.63) is 93.9 Å². The van der Waals surface area contributed by atoms with Crippen LogP contribution in [-0.4, -0.2) is 28.7 Å². The first kappa shape index (κ1) is 22.1. The molecule has 0 amide bonds. The lowest BCUT2D eigenvalue weighted by Gasteiger charge is -2.14. The molecule has 2 aromatic carbocycles. The predicted octanol–water partition coefficient (Wildman–Crippen LogP) is 5.30. The number of para-hydroxylation sites is 1. The molecule has 1 saturated heterocycles. The molecule has 0 spiro atoms.